The van der Waals surface area contributed by atoms with Crippen molar-refractivity contribution in [2.45, 2.75) is 38.2 Å². The molecule has 0 bridgehead atoms. The fourth-order valence-corrected chi connectivity index (χ4v) is 1.94. The number of hydrogen-bond acceptors (Lipinski definition) is 2. The van der Waals surface area contributed by atoms with Crippen LogP contribution in [0.2, 0.25) is 0 Å². The van der Waals surface area contributed by atoms with Crippen LogP contribution in [0.1, 0.15) is 32.1 Å². The molecule has 0 aromatic rings. The van der Waals surface area contributed by atoms with Crippen LogP contribution in [-0.2, 0) is 4.79 Å². The van der Waals surface area contributed by atoms with E-state index < -0.39 is 6.10 Å². The lowest BCUT2D eigenvalue weighted by molar-refractivity contribution is -0.127. The summed E-state index contributed by atoms with van der Waals surface area (Å²) in [4.78, 5) is 13.0. The van der Waals surface area contributed by atoms with Gasteiger partial charge in [0.25, 0.3) is 0 Å². The van der Waals surface area contributed by atoms with Crippen LogP contribution < -0.4 is 0 Å². The van der Waals surface area contributed by atoms with Gasteiger partial charge in [-0.1, -0.05) is 12.8 Å². The van der Waals surface area contributed by atoms with Gasteiger partial charge in [-0.05, 0) is 18.8 Å². The lowest BCUT2D eigenvalue weighted by Crippen LogP contribution is -2.26. The molecule has 3 nitrogen and oxygen atoms in total. The van der Waals surface area contributed by atoms with Crippen LogP contribution in [-0.4, -0.2) is 35.1 Å². The number of amides is 1. The Kier molecular flexibility index (Phi) is 2.54. The molecule has 1 aliphatic carbocycles. The van der Waals surface area contributed by atoms with Gasteiger partial charge < -0.3 is 10.0 Å². The topological polar surface area (TPSA) is 40.5 Å². The van der Waals surface area contributed by atoms with Crippen molar-refractivity contribution in [2.24, 2.45) is 5.92 Å². The van der Waals surface area contributed by atoms with E-state index in [0.717, 1.165) is 18.9 Å². The minimum absolute atomic E-state index is 0.128. The highest BCUT2D eigenvalue weighted by molar-refractivity contribution is 5.78. The number of aliphatic hydroxyl groups excluding tert-OH is 1. The number of likely N-dealkylation sites (tertiary alicyclic amines) is 1. The van der Waals surface area contributed by atoms with E-state index in [2.05, 4.69) is 0 Å². The zero-order chi connectivity index (χ0) is 9.26. The average Bonchev–Trinajstić information content (AvgIpc) is 2.81. The molecule has 0 radical (unpaired) electrons. The third kappa shape index (κ3) is 2.44. The Morgan fingerprint density at radius 3 is 2.77 bits per heavy atom. The van der Waals surface area contributed by atoms with E-state index >= 15 is 0 Å². The predicted molar refractivity (Wildman–Crippen MR) is 49.2 cm³/mol. The number of rotatable bonds is 4. The molecule has 1 saturated heterocycles. The first-order chi connectivity index (χ1) is 6.25. The Labute approximate surface area is 78.7 Å². The summed E-state index contributed by atoms with van der Waals surface area (Å²) >= 11 is 0. The molecule has 1 amide bonds. The molecule has 1 N–H and O–H groups in total. The Balaban J connectivity index is 1.65. The first kappa shape index (κ1) is 9.00. The Hall–Kier alpha value is -0.570. The van der Waals surface area contributed by atoms with Crippen molar-refractivity contribution >= 4 is 5.91 Å². The largest absolute Gasteiger partial charge is 0.391 e. The lowest BCUT2D eigenvalue weighted by atomic mass is 10.2. The Bertz CT molecular complexity index is 201. The number of carbonyl (C=O) groups is 1. The Morgan fingerprint density at radius 2 is 2.23 bits per heavy atom. The first-order valence-corrected chi connectivity index (χ1v) is 5.21. The maximum Gasteiger partial charge on any atom is 0.225 e. The van der Waals surface area contributed by atoms with Crippen molar-refractivity contribution in [1.29, 1.82) is 0 Å². The molecule has 0 spiro atoms. The summed E-state index contributed by atoms with van der Waals surface area (Å²) in [5, 5.41) is 9.23. The molecule has 0 aromatic heterocycles. The molecular formula is C10H17NO2. The normalized spacial score (nSPS) is 28.5. The van der Waals surface area contributed by atoms with Crippen LogP contribution in [0.3, 0.4) is 0 Å². The van der Waals surface area contributed by atoms with E-state index in [9.17, 15) is 9.90 Å². The van der Waals surface area contributed by atoms with E-state index in [4.69, 9.17) is 0 Å². The summed E-state index contributed by atoms with van der Waals surface area (Å²) < 4.78 is 0. The summed E-state index contributed by atoms with van der Waals surface area (Å²) in [6.45, 7) is 1.41. The van der Waals surface area contributed by atoms with Gasteiger partial charge in [0.1, 0.15) is 0 Å². The third-order valence-electron chi connectivity index (χ3n) is 2.93. The van der Waals surface area contributed by atoms with Crippen molar-refractivity contribution in [3.63, 3.8) is 0 Å². The molecule has 1 atom stereocenters. The van der Waals surface area contributed by atoms with Gasteiger partial charge in [-0.25, -0.2) is 0 Å². The molecule has 1 saturated carbocycles. The van der Waals surface area contributed by atoms with Gasteiger partial charge in [0.15, 0.2) is 0 Å². The third-order valence-corrected chi connectivity index (χ3v) is 2.93. The quantitative estimate of drug-likeness (QED) is 0.699. The average molecular weight is 183 g/mol. The second kappa shape index (κ2) is 3.66. The first-order valence-electron chi connectivity index (χ1n) is 5.21. The summed E-state index contributed by atoms with van der Waals surface area (Å²) in [7, 11) is 0. The smallest absolute Gasteiger partial charge is 0.225 e. The van der Waals surface area contributed by atoms with Crippen molar-refractivity contribution in [3.8, 4) is 0 Å². The van der Waals surface area contributed by atoms with E-state index in [1.807, 2.05) is 0 Å². The van der Waals surface area contributed by atoms with E-state index in [1.54, 1.807) is 4.90 Å². The molecular weight excluding hydrogens is 166 g/mol. The van der Waals surface area contributed by atoms with Gasteiger partial charge in [-0.3, -0.25) is 4.79 Å². The minimum Gasteiger partial charge on any atom is -0.391 e. The van der Waals surface area contributed by atoms with Gasteiger partial charge >= 0.3 is 0 Å². The van der Waals surface area contributed by atoms with Gasteiger partial charge in [-0.2, -0.15) is 0 Å². The molecule has 74 valence electrons. The highest BCUT2D eigenvalue weighted by Crippen LogP contribution is 2.33. The summed E-state index contributed by atoms with van der Waals surface area (Å²) in [6, 6.07) is 0. The number of nitrogens with zero attached hydrogens (tertiary/aromatic N) is 1. The molecule has 1 unspecified atom stereocenters. The zero-order valence-electron chi connectivity index (χ0n) is 7.91. The van der Waals surface area contributed by atoms with Gasteiger partial charge in [0.2, 0.25) is 5.91 Å². The number of hydrogen-bond donors (Lipinski definition) is 1. The second-order valence-corrected chi connectivity index (χ2v) is 4.28. The number of aliphatic hydroxyl groups is 1. The minimum atomic E-state index is -0.409. The standard InChI is InChI=1S/C10H17NO2/c12-9-6-10(13)11(7-9)5-1-2-8-3-4-8/h8-9,12H,1-7H2. The fourth-order valence-electron chi connectivity index (χ4n) is 1.94. The summed E-state index contributed by atoms with van der Waals surface area (Å²) in [5.74, 6) is 1.07. The highest BCUT2D eigenvalue weighted by Gasteiger charge is 2.28. The highest BCUT2D eigenvalue weighted by atomic mass is 16.3. The maximum atomic E-state index is 11.2. The number of β-amino-alcohol motifs (C(OH)–C–C–N with tert-alkyl or cyclic N) is 1. The van der Waals surface area contributed by atoms with Crippen molar-refractivity contribution in [1.82, 2.24) is 4.90 Å². The van der Waals surface area contributed by atoms with Gasteiger partial charge in [-0.15, -0.1) is 0 Å². The van der Waals surface area contributed by atoms with Gasteiger partial charge in [0, 0.05) is 13.1 Å². The monoisotopic (exact) mass is 183 g/mol. The van der Waals surface area contributed by atoms with E-state index in [-0.39, 0.29) is 5.91 Å². The van der Waals surface area contributed by atoms with Crippen molar-refractivity contribution in [2.75, 3.05) is 13.1 Å². The van der Waals surface area contributed by atoms with Crippen molar-refractivity contribution in [3.05, 3.63) is 0 Å². The molecule has 2 rings (SSSR count). The zero-order valence-corrected chi connectivity index (χ0v) is 7.91. The molecule has 0 aromatic carbocycles. The second-order valence-electron chi connectivity index (χ2n) is 4.28. The molecule has 13 heavy (non-hydrogen) atoms. The van der Waals surface area contributed by atoms with Crippen LogP contribution in [0.5, 0.6) is 0 Å². The summed E-state index contributed by atoms with van der Waals surface area (Å²) in [5.41, 5.74) is 0. The lowest BCUT2D eigenvalue weighted by Gasteiger charge is -2.14. The van der Waals surface area contributed by atoms with Crippen LogP contribution >= 0.6 is 0 Å². The number of carbonyl (C=O) groups excluding carboxylic acids is 1. The molecule has 2 fully saturated rings. The molecule has 2 aliphatic rings. The van der Waals surface area contributed by atoms with Crippen LogP contribution in [0.4, 0.5) is 0 Å². The van der Waals surface area contributed by atoms with Crippen molar-refractivity contribution < 1.29 is 9.90 Å². The van der Waals surface area contributed by atoms with Crippen LogP contribution in [0.25, 0.3) is 0 Å². The van der Waals surface area contributed by atoms with Crippen LogP contribution in [0.15, 0.2) is 0 Å². The predicted octanol–water partition coefficient (Wildman–Crippen LogP) is 0.770. The van der Waals surface area contributed by atoms with E-state index in [0.29, 0.717) is 13.0 Å². The van der Waals surface area contributed by atoms with Gasteiger partial charge in [0.05, 0.1) is 12.5 Å². The Morgan fingerprint density at radius 1 is 1.46 bits per heavy atom. The molecule has 3 heteroatoms. The maximum absolute atomic E-state index is 11.2. The summed E-state index contributed by atoms with van der Waals surface area (Å²) in [6.07, 6.45) is 5.08. The van der Waals surface area contributed by atoms with E-state index in [1.165, 1.54) is 19.3 Å². The molecule has 1 aliphatic heterocycles. The fraction of sp³-hybridized carbons (Fsp3) is 0.900. The van der Waals surface area contributed by atoms with Crippen LogP contribution in [0, 0.1) is 5.92 Å². The SMILES string of the molecule is O=C1CC(O)CN1CCCC1CC1. The molecule has 1 heterocycles.